The first kappa shape index (κ1) is 25.4. The number of carbonyl (C=O) groups is 2. The normalized spacial score (nSPS) is 14.2. The maximum absolute atomic E-state index is 13.6. The first-order chi connectivity index (χ1) is 17.0. The summed E-state index contributed by atoms with van der Waals surface area (Å²) in [5.74, 6) is -2.65. The van der Waals surface area contributed by atoms with Crippen molar-refractivity contribution in [1.82, 2.24) is 4.90 Å². The Hall–Kier alpha value is -3.66. The van der Waals surface area contributed by atoms with Crippen molar-refractivity contribution in [1.29, 1.82) is 0 Å². The van der Waals surface area contributed by atoms with Gasteiger partial charge in [0.25, 0.3) is 5.91 Å². The van der Waals surface area contributed by atoms with Crippen molar-refractivity contribution in [3.63, 3.8) is 0 Å². The van der Waals surface area contributed by atoms with Gasteiger partial charge in [0.1, 0.15) is 0 Å². The van der Waals surface area contributed by atoms with Gasteiger partial charge in [-0.2, -0.15) is 13.2 Å². The maximum Gasteiger partial charge on any atom is 0.416 e. The number of carbonyl (C=O) groups excluding carboxylic acids is 2. The molecule has 11 heteroatoms. The fourth-order valence-electron chi connectivity index (χ4n) is 3.81. The molecule has 1 aliphatic heterocycles. The molecule has 0 saturated carbocycles. The van der Waals surface area contributed by atoms with Crippen LogP contribution in [0.2, 0.25) is 5.02 Å². The molecule has 0 aliphatic carbocycles. The van der Waals surface area contributed by atoms with Crippen LogP contribution in [0.1, 0.15) is 27.9 Å². The molecule has 5 nitrogen and oxygen atoms in total. The van der Waals surface area contributed by atoms with E-state index in [1.54, 1.807) is 6.07 Å². The minimum atomic E-state index is -4.52. The quantitative estimate of drug-likeness (QED) is 0.377. The number of nitrogens with zero attached hydrogens (tertiary/aromatic N) is 2. The molecule has 3 aromatic rings. The van der Waals surface area contributed by atoms with Crippen LogP contribution in [-0.2, 0) is 12.7 Å². The predicted molar refractivity (Wildman–Crippen MR) is 125 cm³/mol. The number of anilines is 2. The van der Waals surface area contributed by atoms with Crippen LogP contribution in [0.15, 0.2) is 60.7 Å². The zero-order valence-corrected chi connectivity index (χ0v) is 19.3. The van der Waals surface area contributed by atoms with Crippen molar-refractivity contribution in [2.75, 3.05) is 23.3 Å². The standard InChI is InChI=1S/C25H19ClF5N3O2/c26-19-8-7-18(13-22(19)32-23(35)16-3-5-17(6-4-16)25(29,30)31)34-11-1-10-33(24(34)36)14-15-2-9-20(27)21(28)12-15/h2-9,12-13H,1,10-11,14H2,(H,32,35). The molecule has 1 fully saturated rings. The summed E-state index contributed by atoms with van der Waals surface area (Å²) in [6, 6.07) is 11.4. The average Bonchev–Trinajstić information content (AvgIpc) is 2.84. The summed E-state index contributed by atoms with van der Waals surface area (Å²) >= 11 is 6.21. The van der Waals surface area contributed by atoms with Gasteiger partial charge >= 0.3 is 12.2 Å². The highest BCUT2D eigenvalue weighted by molar-refractivity contribution is 6.34. The van der Waals surface area contributed by atoms with E-state index in [-0.39, 0.29) is 28.8 Å². The van der Waals surface area contributed by atoms with Crippen LogP contribution in [0.25, 0.3) is 0 Å². The molecule has 0 bridgehead atoms. The van der Waals surface area contributed by atoms with Crippen LogP contribution in [0.3, 0.4) is 0 Å². The van der Waals surface area contributed by atoms with Crippen LogP contribution in [-0.4, -0.2) is 29.9 Å². The summed E-state index contributed by atoms with van der Waals surface area (Å²) in [7, 11) is 0. The molecule has 4 rings (SSSR count). The summed E-state index contributed by atoms with van der Waals surface area (Å²) < 4.78 is 65.1. The highest BCUT2D eigenvalue weighted by Crippen LogP contribution is 2.31. The van der Waals surface area contributed by atoms with Gasteiger partial charge in [0.2, 0.25) is 0 Å². The van der Waals surface area contributed by atoms with Crippen LogP contribution < -0.4 is 10.2 Å². The van der Waals surface area contributed by atoms with Gasteiger partial charge in [-0.3, -0.25) is 9.69 Å². The van der Waals surface area contributed by atoms with Crippen molar-refractivity contribution >= 4 is 34.9 Å². The summed E-state index contributed by atoms with van der Waals surface area (Å²) in [4.78, 5) is 28.7. The van der Waals surface area contributed by atoms with E-state index in [4.69, 9.17) is 11.6 Å². The second-order valence-electron chi connectivity index (χ2n) is 8.15. The Kier molecular flexibility index (Phi) is 7.16. The number of rotatable bonds is 5. The van der Waals surface area contributed by atoms with Crippen LogP contribution >= 0.6 is 11.6 Å². The molecular formula is C25H19ClF5N3O2. The number of hydrogen-bond acceptors (Lipinski definition) is 2. The lowest BCUT2D eigenvalue weighted by Gasteiger charge is -2.36. The third-order valence-electron chi connectivity index (χ3n) is 5.65. The Bertz CT molecular complexity index is 1300. The maximum atomic E-state index is 13.6. The van der Waals surface area contributed by atoms with Gasteiger partial charge in [0.05, 0.1) is 16.3 Å². The van der Waals surface area contributed by atoms with E-state index in [2.05, 4.69) is 5.32 Å². The Balaban J connectivity index is 1.50. The predicted octanol–water partition coefficient (Wildman–Crippen LogP) is 6.72. The number of amides is 3. The zero-order valence-electron chi connectivity index (χ0n) is 18.6. The number of alkyl halides is 3. The molecule has 3 aromatic carbocycles. The molecule has 1 aliphatic rings. The molecule has 36 heavy (non-hydrogen) atoms. The Labute approximate surface area is 208 Å². The first-order valence-electron chi connectivity index (χ1n) is 10.8. The Morgan fingerprint density at radius 3 is 2.33 bits per heavy atom. The zero-order chi connectivity index (χ0) is 26.0. The summed E-state index contributed by atoms with van der Waals surface area (Å²) in [6.07, 6.45) is -3.92. The number of halogens is 6. The fourth-order valence-corrected chi connectivity index (χ4v) is 3.97. The van der Waals surface area contributed by atoms with Crippen molar-refractivity contribution < 1.29 is 31.5 Å². The Morgan fingerprint density at radius 1 is 0.944 bits per heavy atom. The lowest BCUT2D eigenvalue weighted by Crippen LogP contribution is -2.49. The van der Waals surface area contributed by atoms with Crippen molar-refractivity contribution in [3.8, 4) is 0 Å². The highest BCUT2D eigenvalue weighted by Gasteiger charge is 2.30. The number of urea groups is 1. The molecule has 1 N–H and O–H groups in total. The molecular weight excluding hydrogens is 505 g/mol. The minimum Gasteiger partial charge on any atom is -0.321 e. The number of hydrogen-bond donors (Lipinski definition) is 1. The first-order valence-corrected chi connectivity index (χ1v) is 11.2. The van der Waals surface area contributed by atoms with Gasteiger partial charge in [0, 0.05) is 30.9 Å². The van der Waals surface area contributed by atoms with Crippen molar-refractivity contribution in [3.05, 3.63) is 94.0 Å². The molecule has 0 spiro atoms. The minimum absolute atomic E-state index is 0.00350. The molecule has 1 saturated heterocycles. The highest BCUT2D eigenvalue weighted by atomic mass is 35.5. The number of nitrogens with one attached hydrogen (secondary N) is 1. The second kappa shape index (κ2) is 10.1. The molecule has 0 unspecified atom stereocenters. The fraction of sp³-hybridized carbons (Fsp3) is 0.200. The summed E-state index contributed by atoms with van der Waals surface area (Å²) in [5.41, 5.74) is 0.156. The SMILES string of the molecule is O=C(Nc1cc(N2CCCN(Cc3ccc(F)c(F)c3)C2=O)ccc1Cl)c1ccc(C(F)(F)F)cc1. The third-order valence-corrected chi connectivity index (χ3v) is 5.98. The van der Waals surface area contributed by atoms with Crippen LogP contribution in [0.5, 0.6) is 0 Å². The molecule has 1 heterocycles. The molecule has 0 atom stereocenters. The smallest absolute Gasteiger partial charge is 0.321 e. The molecule has 188 valence electrons. The van der Waals surface area contributed by atoms with Gasteiger partial charge in [-0.05, 0) is 66.6 Å². The second-order valence-corrected chi connectivity index (χ2v) is 8.56. The lowest BCUT2D eigenvalue weighted by molar-refractivity contribution is -0.137. The van der Waals surface area contributed by atoms with E-state index in [0.29, 0.717) is 30.8 Å². The molecule has 3 amide bonds. The van der Waals surface area contributed by atoms with Crippen molar-refractivity contribution in [2.45, 2.75) is 19.1 Å². The number of benzene rings is 3. The van der Waals surface area contributed by atoms with Gasteiger partial charge in [-0.15, -0.1) is 0 Å². The van der Waals surface area contributed by atoms with Gasteiger partial charge < -0.3 is 10.2 Å². The van der Waals surface area contributed by atoms with Crippen LogP contribution in [0.4, 0.5) is 38.1 Å². The molecule has 0 aromatic heterocycles. The van der Waals surface area contributed by atoms with Crippen LogP contribution in [0, 0.1) is 11.6 Å². The van der Waals surface area contributed by atoms with E-state index < -0.39 is 29.3 Å². The van der Waals surface area contributed by atoms with Gasteiger partial charge in [0.15, 0.2) is 11.6 Å². The summed E-state index contributed by atoms with van der Waals surface area (Å²) in [6.45, 7) is 0.873. The van der Waals surface area contributed by atoms with E-state index in [0.717, 1.165) is 36.4 Å². The van der Waals surface area contributed by atoms with E-state index in [9.17, 15) is 31.5 Å². The van der Waals surface area contributed by atoms with E-state index >= 15 is 0 Å². The largest absolute Gasteiger partial charge is 0.416 e. The van der Waals surface area contributed by atoms with E-state index in [1.165, 1.54) is 28.0 Å². The van der Waals surface area contributed by atoms with Crippen molar-refractivity contribution in [2.24, 2.45) is 0 Å². The van der Waals surface area contributed by atoms with Gasteiger partial charge in [-0.25, -0.2) is 13.6 Å². The lowest BCUT2D eigenvalue weighted by atomic mass is 10.1. The third kappa shape index (κ3) is 5.59. The summed E-state index contributed by atoms with van der Waals surface area (Å²) in [5, 5.41) is 2.73. The van der Waals surface area contributed by atoms with E-state index in [1.807, 2.05) is 0 Å². The van der Waals surface area contributed by atoms with Gasteiger partial charge in [-0.1, -0.05) is 17.7 Å². The molecule has 0 radical (unpaired) electrons. The topological polar surface area (TPSA) is 52.7 Å². The average molecular weight is 524 g/mol. The monoisotopic (exact) mass is 523 g/mol. The Morgan fingerprint density at radius 2 is 1.67 bits per heavy atom.